The van der Waals surface area contributed by atoms with Gasteiger partial charge in [-0.05, 0) is 56.5 Å². The number of halogens is 2. The Kier molecular flexibility index (Phi) is 5.01. The molecule has 0 radical (unpaired) electrons. The van der Waals surface area contributed by atoms with Gasteiger partial charge >= 0.3 is 0 Å². The number of piperidine rings is 1. The number of anilines is 1. The Hall–Kier alpha value is -0.610. The quantitative estimate of drug-likeness (QED) is 0.916. The topological polar surface area (TPSA) is 15.3 Å². The molecule has 0 amide bonds. The average molecular weight is 315 g/mol. The van der Waals surface area contributed by atoms with Crippen LogP contribution in [0.3, 0.4) is 0 Å². The van der Waals surface area contributed by atoms with E-state index in [1.165, 1.54) is 18.9 Å². The summed E-state index contributed by atoms with van der Waals surface area (Å²) >= 11 is 3.39. The van der Waals surface area contributed by atoms with Crippen LogP contribution in [0.2, 0.25) is 0 Å². The molecule has 1 fully saturated rings. The molecule has 1 saturated heterocycles. The van der Waals surface area contributed by atoms with Gasteiger partial charge < -0.3 is 10.2 Å². The number of benzene rings is 1. The molecule has 100 valence electrons. The fourth-order valence-electron chi connectivity index (χ4n) is 2.45. The van der Waals surface area contributed by atoms with Crippen LogP contribution in [0, 0.1) is 11.7 Å². The summed E-state index contributed by atoms with van der Waals surface area (Å²) < 4.78 is 14.6. The molecule has 4 heteroatoms. The minimum atomic E-state index is -0.147. The van der Waals surface area contributed by atoms with Crippen molar-refractivity contribution in [3.8, 4) is 0 Å². The monoisotopic (exact) mass is 314 g/mol. The van der Waals surface area contributed by atoms with Gasteiger partial charge in [0.1, 0.15) is 5.82 Å². The first-order chi connectivity index (χ1) is 8.66. The predicted octanol–water partition coefficient (Wildman–Crippen LogP) is 3.41. The van der Waals surface area contributed by atoms with Crippen LogP contribution < -0.4 is 10.2 Å². The molecule has 1 aromatic rings. The number of nitrogens with one attached hydrogen (secondary N) is 1. The van der Waals surface area contributed by atoms with Crippen molar-refractivity contribution in [1.29, 1.82) is 0 Å². The Morgan fingerprint density at radius 3 is 2.83 bits per heavy atom. The van der Waals surface area contributed by atoms with Gasteiger partial charge in [-0.25, -0.2) is 4.39 Å². The van der Waals surface area contributed by atoms with E-state index in [2.05, 4.69) is 21.2 Å². The van der Waals surface area contributed by atoms with Gasteiger partial charge in [0, 0.05) is 18.1 Å². The first kappa shape index (κ1) is 13.8. The van der Waals surface area contributed by atoms with Crippen LogP contribution in [-0.4, -0.2) is 26.7 Å². The van der Waals surface area contributed by atoms with Crippen LogP contribution in [0.1, 0.15) is 19.3 Å². The van der Waals surface area contributed by atoms with Gasteiger partial charge in [0.15, 0.2) is 0 Å². The highest BCUT2D eigenvalue weighted by atomic mass is 79.9. The van der Waals surface area contributed by atoms with Crippen LogP contribution in [0.5, 0.6) is 0 Å². The maximum atomic E-state index is 13.7. The summed E-state index contributed by atoms with van der Waals surface area (Å²) in [4.78, 5) is 2.02. The van der Waals surface area contributed by atoms with Crippen molar-refractivity contribution in [2.45, 2.75) is 19.3 Å². The molecule has 0 bridgehead atoms. The van der Waals surface area contributed by atoms with E-state index >= 15 is 0 Å². The zero-order valence-electron chi connectivity index (χ0n) is 10.8. The zero-order valence-corrected chi connectivity index (χ0v) is 12.3. The van der Waals surface area contributed by atoms with Crippen molar-refractivity contribution in [2.75, 3.05) is 31.6 Å². The molecule has 1 aromatic carbocycles. The molecular formula is C14H20BrFN2. The van der Waals surface area contributed by atoms with E-state index in [4.69, 9.17) is 0 Å². The molecule has 1 aliphatic rings. The number of rotatable bonds is 4. The van der Waals surface area contributed by atoms with Crippen molar-refractivity contribution in [3.05, 3.63) is 28.5 Å². The summed E-state index contributed by atoms with van der Waals surface area (Å²) in [5.74, 6) is 0.634. The lowest BCUT2D eigenvalue weighted by molar-refractivity contribution is 0.356. The van der Waals surface area contributed by atoms with E-state index in [0.29, 0.717) is 5.69 Å². The molecule has 2 nitrogen and oxygen atoms in total. The average Bonchev–Trinajstić information content (AvgIpc) is 2.40. The summed E-state index contributed by atoms with van der Waals surface area (Å²) in [7, 11) is 1.96. The third-order valence-electron chi connectivity index (χ3n) is 3.65. The number of hydrogen-bond acceptors (Lipinski definition) is 2. The maximum Gasteiger partial charge on any atom is 0.146 e. The van der Waals surface area contributed by atoms with E-state index in [1.54, 1.807) is 6.07 Å². The Labute approximate surface area is 117 Å². The molecule has 2 rings (SSSR count). The minimum absolute atomic E-state index is 0.147. The molecule has 0 atom stereocenters. The normalized spacial score (nSPS) is 16.8. The van der Waals surface area contributed by atoms with E-state index < -0.39 is 0 Å². The van der Waals surface area contributed by atoms with Gasteiger partial charge in [0.2, 0.25) is 0 Å². The molecule has 1 heterocycles. The molecule has 0 spiro atoms. The van der Waals surface area contributed by atoms with E-state index in [9.17, 15) is 4.39 Å². The summed E-state index contributed by atoms with van der Waals surface area (Å²) in [6.45, 7) is 3.16. The summed E-state index contributed by atoms with van der Waals surface area (Å²) in [6, 6.07) is 5.09. The van der Waals surface area contributed by atoms with Crippen LogP contribution >= 0.6 is 15.9 Å². The Morgan fingerprint density at radius 2 is 2.11 bits per heavy atom. The van der Waals surface area contributed by atoms with E-state index in [0.717, 1.165) is 36.4 Å². The van der Waals surface area contributed by atoms with Crippen molar-refractivity contribution in [3.63, 3.8) is 0 Å². The molecular weight excluding hydrogens is 295 g/mol. The van der Waals surface area contributed by atoms with Gasteiger partial charge in [0.05, 0.1) is 5.69 Å². The number of nitrogens with zero attached hydrogens (tertiary/aromatic N) is 1. The third kappa shape index (κ3) is 3.69. The van der Waals surface area contributed by atoms with Gasteiger partial charge in [-0.3, -0.25) is 0 Å². The second kappa shape index (κ2) is 6.53. The summed E-state index contributed by atoms with van der Waals surface area (Å²) in [5.41, 5.74) is 0.679. The van der Waals surface area contributed by atoms with Gasteiger partial charge in [0.25, 0.3) is 0 Å². The van der Waals surface area contributed by atoms with E-state index in [1.807, 2.05) is 18.0 Å². The maximum absolute atomic E-state index is 13.7. The standard InChI is InChI=1S/C14H20BrFN2/c1-18(9-6-11-4-7-17-8-5-11)14-10-12(15)2-3-13(14)16/h2-3,10-11,17H,4-9H2,1H3. The van der Waals surface area contributed by atoms with Crippen LogP contribution in [0.15, 0.2) is 22.7 Å². The van der Waals surface area contributed by atoms with E-state index in [-0.39, 0.29) is 5.82 Å². The number of hydrogen-bond donors (Lipinski definition) is 1. The molecule has 0 unspecified atom stereocenters. The first-order valence-corrected chi connectivity index (χ1v) is 7.33. The van der Waals surface area contributed by atoms with Crippen LogP contribution in [0.25, 0.3) is 0 Å². The van der Waals surface area contributed by atoms with Crippen molar-refractivity contribution in [2.24, 2.45) is 5.92 Å². The zero-order chi connectivity index (χ0) is 13.0. The van der Waals surface area contributed by atoms with Crippen molar-refractivity contribution < 1.29 is 4.39 Å². The molecule has 0 aromatic heterocycles. The van der Waals surface area contributed by atoms with Gasteiger partial charge in [-0.15, -0.1) is 0 Å². The lowest BCUT2D eigenvalue weighted by Gasteiger charge is -2.26. The summed E-state index contributed by atoms with van der Waals surface area (Å²) in [5, 5.41) is 3.37. The van der Waals surface area contributed by atoms with Crippen molar-refractivity contribution >= 4 is 21.6 Å². The highest BCUT2D eigenvalue weighted by Crippen LogP contribution is 2.24. The second-order valence-electron chi connectivity index (χ2n) is 5.00. The highest BCUT2D eigenvalue weighted by Gasteiger charge is 2.15. The molecule has 0 aliphatic carbocycles. The molecule has 0 saturated carbocycles. The van der Waals surface area contributed by atoms with Gasteiger partial charge in [-0.2, -0.15) is 0 Å². The minimum Gasteiger partial charge on any atom is -0.372 e. The molecule has 18 heavy (non-hydrogen) atoms. The largest absolute Gasteiger partial charge is 0.372 e. The Morgan fingerprint density at radius 1 is 1.39 bits per heavy atom. The lowest BCUT2D eigenvalue weighted by Crippen LogP contribution is -2.30. The Bertz CT molecular complexity index is 391. The molecule has 1 N–H and O–H groups in total. The fourth-order valence-corrected chi connectivity index (χ4v) is 2.79. The molecule has 1 aliphatic heterocycles. The van der Waals surface area contributed by atoms with Crippen LogP contribution in [0.4, 0.5) is 10.1 Å². The van der Waals surface area contributed by atoms with Gasteiger partial charge in [-0.1, -0.05) is 15.9 Å². The van der Waals surface area contributed by atoms with Crippen LogP contribution in [-0.2, 0) is 0 Å². The Balaban J connectivity index is 1.90. The highest BCUT2D eigenvalue weighted by molar-refractivity contribution is 9.10. The predicted molar refractivity (Wildman–Crippen MR) is 77.6 cm³/mol. The third-order valence-corrected chi connectivity index (χ3v) is 4.14. The van der Waals surface area contributed by atoms with Crippen molar-refractivity contribution in [1.82, 2.24) is 5.32 Å². The first-order valence-electron chi connectivity index (χ1n) is 6.53. The second-order valence-corrected chi connectivity index (χ2v) is 5.92. The SMILES string of the molecule is CN(CCC1CCNCC1)c1cc(Br)ccc1F. The summed E-state index contributed by atoms with van der Waals surface area (Å²) in [6.07, 6.45) is 3.63. The fraction of sp³-hybridized carbons (Fsp3) is 0.571. The smallest absolute Gasteiger partial charge is 0.146 e. The lowest BCUT2D eigenvalue weighted by atomic mass is 9.94.